The highest BCUT2D eigenvalue weighted by molar-refractivity contribution is 7.95. The summed E-state index contributed by atoms with van der Waals surface area (Å²) in [5.41, 5.74) is -0.204. The van der Waals surface area contributed by atoms with Gasteiger partial charge in [0, 0.05) is 24.2 Å². The topological polar surface area (TPSA) is 101 Å². The van der Waals surface area contributed by atoms with Gasteiger partial charge in [-0.2, -0.15) is 0 Å². The van der Waals surface area contributed by atoms with Gasteiger partial charge in [0.05, 0.1) is 24.5 Å². The van der Waals surface area contributed by atoms with E-state index < -0.39 is 15.9 Å². The van der Waals surface area contributed by atoms with E-state index >= 15 is 0 Å². The van der Waals surface area contributed by atoms with Crippen LogP contribution < -0.4 is 10.2 Å². The molecule has 164 valence electrons. The molecule has 2 atom stereocenters. The number of amides is 2. The molecular formula is C21H25N5O3S2. The Hall–Kier alpha value is -2.14. The number of hydrogen-bond acceptors (Lipinski definition) is 6. The van der Waals surface area contributed by atoms with E-state index in [1.54, 1.807) is 40.2 Å². The van der Waals surface area contributed by atoms with Gasteiger partial charge in [-0.25, -0.2) is 4.79 Å². The zero-order valence-electron chi connectivity index (χ0n) is 17.1. The van der Waals surface area contributed by atoms with Crippen LogP contribution in [0.5, 0.6) is 0 Å². The fraction of sp³-hybridized carbons (Fsp3) is 0.476. The molecule has 3 fully saturated rings. The molecule has 2 aromatic heterocycles. The number of carbonyl (C=O) groups excluding carboxylic acids is 1. The van der Waals surface area contributed by atoms with E-state index in [2.05, 4.69) is 10.3 Å². The Labute approximate surface area is 186 Å². The van der Waals surface area contributed by atoms with Crippen molar-refractivity contribution in [1.82, 2.24) is 14.6 Å². The second kappa shape index (κ2) is 8.09. The summed E-state index contributed by atoms with van der Waals surface area (Å²) in [6.45, 7) is 0.498. The minimum atomic E-state index is -3.63. The Kier molecular flexibility index (Phi) is 5.41. The van der Waals surface area contributed by atoms with Crippen molar-refractivity contribution in [3.05, 3.63) is 41.4 Å². The maximum Gasteiger partial charge on any atom is 0.328 e. The fourth-order valence-corrected chi connectivity index (χ4v) is 7.37. The fourth-order valence-electron chi connectivity index (χ4n) is 4.86. The van der Waals surface area contributed by atoms with Gasteiger partial charge in [0.2, 0.25) is 0 Å². The third-order valence-electron chi connectivity index (χ3n) is 6.43. The number of amidine groups is 1. The van der Waals surface area contributed by atoms with E-state index in [1.165, 1.54) is 22.1 Å². The van der Waals surface area contributed by atoms with Crippen molar-refractivity contribution in [3.8, 4) is 0 Å². The molecule has 0 bridgehead atoms. The molecule has 1 aliphatic carbocycles. The van der Waals surface area contributed by atoms with Crippen molar-refractivity contribution in [3.63, 3.8) is 0 Å². The molecule has 5 rings (SSSR count). The number of hydrogen-bond donors (Lipinski definition) is 1. The van der Waals surface area contributed by atoms with Gasteiger partial charge in [-0.05, 0) is 36.8 Å². The molecule has 3 aliphatic rings. The Morgan fingerprint density at radius 2 is 2.13 bits per heavy atom. The van der Waals surface area contributed by atoms with Crippen LogP contribution in [0, 0.1) is 0 Å². The second-order valence-corrected chi connectivity index (χ2v) is 11.0. The van der Waals surface area contributed by atoms with Crippen LogP contribution in [0.1, 0.15) is 38.5 Å². The molecule has 2 unspecified atom stereocenters. The largest absolute Gasteiger partial charge is 0.593 e. The van der Waals surface area contributed by atoms with Crippen LogP contribution in [0.2, 0.25) is 0 Å². The molecule has 2 aliphatic heterocycles. The number of nitrogens with zero attached hydrogens (tertiary/aromatic N) is 4. The number of aromatic nitrogens is 1. The highest BCUT2D eigenvalue weighted by Gasteiger charge is 2.59. The van der Waals surface area contributed by atoms with Crippen molar-refractivity contribution < 1.29 is 13.6 Å². The first-order valence-corrected chi connectivity index (χ1v) is 13.0. The van der Waals surface area contributed by atoms with Gasteiger partial charge >= 0.3 is 6.03 Å². The number of thiophene rings is 1. The van der Waals surface area contributed by atoms with Crippen LogP contribution >= 0.6 is 11.3 Å². The lowest BCUT2D eigenvalue weighted by molar-refractivity contribution is 0.251. The van der Waals surface area contributed by atoms with Crippen LogP contribution in [-0.2, 0) is 14.6 Å². The first-order valence-electron chi connectivity index (χ1n) is 10.6. The smallest absolute Gasteiger partial charge is 0.328 e. The van der Waals surface area contributed by atoms with Gasteiger partial charge in [0.15, 0.2) is 15.3 Å². The van der Waals surface area contributed by atoms with E-state index in [-0.39, 0.29) is 18.6 Å². The van der Waals surface area contributed by atoms with Crippen molar-refractivity contribution in [2.75, 3.05) is 18.0 Å². The maximum absolute atomic E-state index is 13.2. The highest BCUT2D eigenvalue weighted by atomic mass is 32.3. The number of anilines is 1. The van der Waals surface area contributed by atoms with Gasteiger partial charge in [-0.1, -0.05) is 23.5 Å². The Bertz CT molecular complexity index is 1020. The lowest BCUT2D eigenvalue weighted by Crippen LogP contribution is -2.53. The molecule has 1 spiro atoms. The molecule has 4 heterocycles. The van der Waals surface area contributed by atoms with Crippen LogP contribution in [-0.4, -0.2) is 50.4 Å². The zero-order chi connectivity index (χ0) is 21.5. The van der Waals surface area contributed by atoms with Crippen molar-refractivity contribution in [1.29, 1.82) is 0 Å². The summed E-state index contributed by atoms with van der Waals surface area (Å²) in [6.07, 6.45) is 9.26. The van der Waals surface area contributed by atoms with Gasteiger partial charge < -0.3 is 4.55 Å². The van der Waals surface area contributed by atoms with Crippen LogP contribution in [0.3, 0.4) is 0 Å². The predicted molar refractivity (Wildman–Crippen MR) is 120 cm³/mol. The minimum Gasteiger partial charge on any atom is -0.593 e. The number of carbonyl (C=O) groups is 1. The van der Waals surface area contributed by atoms with Crippen molar-refractivity contribution >= 4 is 39.3 Å². The Morgan fingerprint density at radius 1 is 1.29 bits per heavy atom. The minimum absolute atomic E-state index is 0.164. The molecule has 10 heteroatoms. The second-order valence-electron chi connectivity index (χ2n) is 8.33. The van der Waals surface area contributed by atoms with Crippen LogP contribution in [0.25, 0.3) is 0 Å². The summed E-state index contributed by atoms with van der Waals surface area (Å²) in [5, 5.41) is 6.39. The summed E-state index contributed by atoms with van der Waals surface area (Å²) in [7, 11) is -3.63. The van der Waals surface area contributed by atoms with Crippen LogP contribution in [0.15, 0.2) is 51.2 Å². The number of aliphatic imine (C=N–C) groups is 1. The predicted octanol–water partition coefficient (Wildman–Crippen LogP) is 3.45. The number of urea groups is 1. The molecule has 2 saturated heterocycles. The van der Waals surface area contributed by atoms with E-state index in [4.69, 9.17) is 4.99 Å². The monoisotopic (exact) mass is 459 g/mol. The average Bonchev–Trinajstić information content (AvgIpc) is 3.51. The van der Waals surface area contributed by atoms with E-state index in [0.717, 1.165) is 25.7 Å². The Morgan fingerprint density at radius 3 is 2.84 bits per heavy atom. The molecule has 0 radical (unpaired) electrons. The molecule has 0 aromatic carbocycles. The molecular weight excluding hydrogens is 434 g/mol. The van der Waals surface area contributed by atoms with Crippen LogP contribution in [0.4, 0.5) is 10.5 Å². The van der Waals surface area contributed by atoms with Gasteiger partial charge in [-0.15, -0.1) is 15.6 Å². The van der Waals surface area contributed by atoms with Crippen molar-refractivity contribution in [2.45, 2.75) is 55.0 Å². The third kappa shape index (κ3) is 3.61. The highest BCUT2D eigenvalue weighted by Crippen LogP contribution is 2.40. The summed E-state index contributed by atoms with van der Waals surface area (Å²) >= 11 is 1.36. The lowest BCUT2D eigenvalue weighted by Gasteiger charge is -2.34. The SMILES string of the molecule is O=C1NC(=NC2CCCCC2)C2(CCN([S+](=O)([O-])c3ccsc3)C2)N1c1cccnc1. The first-order chi connectivity index (χ1) is 15.0. The standard InChI is InChI=1S/C21H25N5O3S2/c27-20-24-19(23-16-5-2-1-3-6-16)21(26(20)17-7-4-10-22-13-17)9-11-25(15-21)31(28,29)18-8-12-30-14-18/h4,7-8,10,12-14,16H,1-3,5-6,9,11,15H2,(H-,23,24,27,28,29). The van der Waals surface area contributed by atoms with Crippen molar-refractivity contribution in [2.24, 2.45) is 4.99 Å². The van der Waals surface area contributed by atoms with E-state index in [1.807, 2.05) is 6.07 Å². The normalized spacial score (nSPS) is 28.4. The first kappa shape index (κ1) is 20.7. The van der Waals surface area contributed by atoms with Gasteiger partial charge in [0.25, 0.3) is 0 Å². The van der Waals surface area contributed by atoms with E-state index in [0.29, 0.717) is 29.4 Å². The third-order valence-corrected chi connectivity index (χ3v) is 9.11. The summed E-state index contributed by atoms with van der Waals surface area (Å²) in [4.78, 5) is 24.2. The maximum atomic E-state index is 13.2. The Balaban J connectivity index is 1.54. The van der Waals surface area contributed by atoms with E-state index in [9.17, 15) is 13.6 Å². The zero-order valence-corrected chi connectivity index (χ0v) is 18.7. The number of nitrogens with one attached hydrogen (secondary N) is 1. The van der Waals surface area contributed by atoms with Gasteiger partial charge in [0.1, 0.15) is 11.4 Å². The summed E-state index contributed by atoms with van der Waals surface area (Å²) in [6, 6.07) is 5.11. The molecule has 31 heavy (non-hydrogen) atoms. The summed E-state index contributed by atoms with van der Waals surface area (Å²) in [5.74, 6) is 0.594. The quantitative estimate of drug-likeness (QED) is 0.708. The number of pyridine rings is 1. The average molecular weight is 460 g/mol. The lowest BCUT2D eigenvalue weighted by atomic mass is 9.93. The molecule has 8 nitrogen and oxygen atoms in total. The molecule has 1 N–H and O–H groups in total. The van der Waals surface area contributed by atoms with Gasteiger partial charge in [-0.3, -0.25) is 20.2 Å². The number of sulfonamides is 1. The molecule has 2 amide bonds. The molecule has 2 aromatic rings. The summed E-state index contributed by atoms with van der Waals surface area (Å²) < 4.78 is 27.9. The number of rotatable bonds is 4. The molecule has 1 saturated carbocycles.